The lowest BCUT2D eigenvalue weighted by Crippen LogP contribution is -2.49. The van der Waals surface area contributed by atoms with Crippen LogP contribution in [0.2, 0.25) is 5.02 Å². The second-order valence-electron chi connectivity index (χ2n) is 6.96. The number of hydrogen-bond acceptors (Lipinski definition) is 6. The fraction of sp³-hybridized carbons (Fsp3) is 0.318. The molecule has 0 bridgehead atoms. The number of ether oxygens (including phenoxy) is 2. The van der Waals surface area contributed by atoms with Crippen LogP contribution in [0.4, 0.5) is 4.79 Å². The van der Waals surface area contributed by atoms with Gasteiger partial charge < -0.3 is 24.9 Å². The first kappa shape index (κ1) is 22.4. The van der Waals surface area contributed by atoms with Gasteiger partial charge in [-0.1, -0.05) is 59.2 Å². The summed E-state index contributed by atoms with van der Waals surface area (Å²) in [7, 11) is 1.51. The summed E-state index contributed by atoms with van der Waals surface area (Å²) in [4.78, 5) is 30.3. The number of rotatable bonds is 8. The van der Waals surface area contributed by atoms with Crippen LogP contribution in [0.15, 0.2) is 59.8 Å². The summed E-state index contributed by atoms with van der Waals surface area (Å²) in [5.74, 6) is 0.112. The van der Waals surface area contributed by atoms with E-state index < -0.39 is 12.1 Å². The monoisotopic (exact) mass is 445 g/mol. The van der Waals surface area contributed by atoms with E-state index in [2.05, 4.69) is 15.8 Å². The number of alkyl carbamates (subject to hydrolysis) is 1. The number of carbonyl (C=O) groups excluding carboxylic acids is 2. The molecule has 2 aromatic rings. The van der Waals surface area contributed by atoms with Crippen LogP contribution in [-0.4, -0.2) is 43.7 Å². The van der Waals surface area contributed by atoms with Gasteiger partial charge in [0, 0.05) is 11.4 Å². The van der Waals surface area contributed by atoms with Crippen molar-refractivity contribution in [1.82, 2.24) is 10.6 Å². The number of hydrogen-bond donors (Lipinski definition) is 2. The highest BCUT2D eigenvalue weighted by Crippen LogP contribution is 2.13. The Kier molecular flexibility index (Phi) is 8.12. The van der Waals surface area contributed by atoms with Crippen LogP contribution < -0.4 is 10.6 Å². The number of amides is 2. The number of carbonyl (C=O) groups is 2. The molecule has 8 nitrogen and oxygen atoms in total. The van der Waals surface area contributed by atoms with Gasteiger partial charge in [0.15, 0.2) is 6.10 Å². The summed E-state index contributed by atoms with van der Waals surface area (Å²) in [5.41, 5.74) is 1.69. The number of oxime groups is 1. The van der Waals surface area contributed by atoms with Crippen molar-refractivity contribution in [2.24, 2.45) is 5.16 Å². The molecule has 0 aromatic heterocycles. The number of nitrogens with zero attached hydrogens (tertiary/aromatic N) is 1. The molecule has 2 N–H and O–H groups in total. The summed E-state index contributed by atoms with van der Waals surface area (Å²) in [6.07, 6.45) is -0.264. The Bertz CT molecular complexity index is 905. The molecule has 3 rings (SSSR count). The van der Waals surface area contributed by atoms with Gasteiger partial charge in [-0.2, -0.15) is 0 Å². The normalized spacial score (nSPS) is 15.9. The quantitative estimate of drug-likeness (QED) is 0.650. The lowest BCUT2D eigenvalue weighted by Gasteiger charge is -2.19. The molecule has 2 aromatic carbocycles. The van der Waals surface area contributed by atoms with E-state index in [0.717, 1.165) is 11.1 Å². The predicted molar refractivity (Wildman–Crippen MR) is 116 cm³/mol. The number of methoxy groups -OCH3 is 1. The summed E-state index contributed by atoms with van der Waals surface area (Å²) < 4.78 is 10.3. The zero-order valence-corrected chi connectivity index (χ0v) is 17.8. The van der Waals surface area contributed by atoms with Crippen LogP contribution in [0.1, 0.15) is 17.5 Å². The van der Waals surface area contributed by atoms with Crippen molar-refractivity contribution >= 4 is 29.5 Å². The van der Waals surface area contributed by atoms with Crippen LogP contribution in [-0.2, 0) is 32.1 Å². The SMILES string of the molecule is COC1=NOC(CNC(=O)[C@H](Cc2ccc(Cl)cc2)NC(=O)OCc2ccccc2)C1. The first-order valence-electron chi connectivity index (χ1n) is 9.79. The zero-order valence-electron chi connectivity index (χ0n) is 17.0. The van der Waals surface area contributed by atoms with Crippen molar-refractivity contribution in [2.75, 3.05) is 13.7 Å². The molecule has 1 aliphatic heterocycles. The fourth-order valence-electron chi connectivity index (χ4n) is 2.94. The number of halogens is 1. The molecule has 2 atom stereocenters. The molecule has 0 aliphatic carbocycles. The van der Waals surface area contributed by atoms with Crippen LogP contribution in [0.5, 0.6) is 0 Å². The average Bonchev–Trinajstić information content (AvgIpc) is 3.26. The molecule has 9 heteroatoms. The highest BCUT2D eigenvalue weighted by Gasteiger charge is 2.26. The van der Waals surface area contributed by atoms with E-state index in [4.69, 9.17) is 25.9 Å². The van der Waals surface area contributed by atoms with Crippen LogP contribution >= 0.6 is 11.6 Å². The maximum atomic E-state index is 12.8. The molecular formula is C22H24ClN3O5. The predicted octanol–water partition coefficient (Wildman–Crippen LogP) is 3.04. The second-order valence-corrected chi connectivity index (χ2v) is 7.39. The van der Waals surface area contributed by atoms with Gasteiger partial charge >= 0.3 is 6.09 Å². The fourth-order valence-corrected chi connectivity index (χ4v) is 3.07. The maximum Gasteiger partial charge on any atom is 0.408 e. The van der Waals surface area contributed by atoms with Gasteiger partial charge in [0.05, 0.1) is 20.1 Å². The topological polar surface area (TPSA) is 98.3 Å². The van der Waals surface area contributed by atoms with Crippen molar-refractivity contribution in [3.8, 4) is 0 Å². The molecule has 0 saturated heterocycles. The van der Waals surface area contributed by atoms with Crippen molar-refractivity contribution in [2.45, 2.75) is 31.6 Å². The Morgan fingerprint density at radius 3 is 2.58 bits per heavy atom. The maximum absolute atomic E-state index is 12.8. The summed E-state index contributed by atoms with van der Waals surface area (Å²) in [6.45, 7) is 0.335. The first-order chi connectivity index (χ1) is 15.0. The van der Waals surface area contributed by atoms with Gasteiger partial charge in [-0.15, -0.1) is 0 Å². The highest BCUT2D eigenvalue weighted by molar-refractivity contribution is 6.30. The molecule has 0 spiro atoms. The molecule has 0 radical (unpaired) electrons. The lowest BCUT2D eigenvalue weighted by atomic mass is 10.1. The van der Waals surface area contributed by atoms with Gasteiger partial charge in [0.2, 0.25) is 11.8 Å². The van der Waals surface area contributed by atoms with Gasteiger partial charge in [0.25, 0.3) is 0 Å². The van der Waals surface area contributed by atoms with Gasteiger partial charge in [-0.05, 0) is 23.3 Å². The summed E-state index contributed by atoms with van der Waals surface area (Å²) >= 11 is 5.94. The highest BCUT2D eigenvalue weighted by atomic mass is 35.5. The Morgan fingerprint density at radius 2 is 1.90 bits per heavy atom. The molecule has 2 amide bonds. The van der Waals surface area contributed by atoms with Crippen LogP contribution in [0, 0.1) is 0 Å². The first-order valence-corrected chi connectivity index (χ1v) is 10.2. The van der Waals surface area contributed by atoms with E-state index in [1.54, 1.807) is 24.3 Å². The molecule has 1 heterocycles. The van der Waals surface area contributed by atoms with E-state index in [1.807, 2.05) is 30.3 Å². The summed E-state index contributed by atoms with van der Waals surface area (Å²) in [5, 5.41) is 9.80. The molecule has 0 fully saturated rings. The molecule has 1 unspecified atom stereocenters. The van der Waals surface area contributed by atoms with E-state index in [1.165, 1.54) is 7.11 Å². The lowest BCUT2D eigenvalue weighted by molar-refractivity contribution is -0.123. The van der Waals surface area contributed by atoms with Gasteiger partial charge in [-0.25, -0.2) is 4.79 Å². The van der Waals surface area contributed by atoms with Crippen LogP contribution in [0.25, 0.3) is 0 Å². The van der Waals surface area contributed by atoms with E-state index >= 15 is 0 Å². The van der Waals surface area contributed by atoms with Crippen molar-refractivity contribution in [1.29, 1.82) is 0 Å². The molecular weight excluding hydrogens is 422 g/mol. The molecule has 0 saturated carbocycles. The third kappa shape index (κ3) is 7.18. The minimum atomic E-state index is -0.839. The smallest absolute Gasteiger partial charge is 0.408 e. The Balaban J connectivity index is 1.57. The third-order valence-corrected chi connectivity index (χ3v) is 4.87. The third-order valence-electron chi connectivity index (χ3n) is 4.62. The molecule has 164 valence electrons. The van der Waals surface area contributed by atoms with Crippen molar-refractivity contribution < 1.29 is 23.9 Å². The Labute approximate surface area is 185 Å². The summed E-state index contributed by atoms with van der Waals surface area (Å²) in [6, 6.07) is 15.5. The van der Waals surface area contributed by atoms with E-state index in [0.29, 0.717) is 17.3 Å². The van der Waals surface area contributed by atoms with Crippen LogP contribution in [0.3, 0.4) is 0 Å². The standard InChI is InChI=1S/C22H24ClN3O5/c1-29-20-12-18(31-26-20)13-24-21(27)19(11-15-7-9-17(23)10-8-15)25-22(28)30-14-16-5-3-2-4-6-16/h2-10,18-19H,11-14H2,1H3,(H,24,27)(H,25,28)/t18?,19-/m0/s1. The molecule has 1 aliphatic rings. The minimum Gasteiger partial charge on any atom is -0.482 e. The molecule has 31 heavy (non-hydrogen) atoms. The van der Waals surface area contributed by atoms with Crippen molar-refractivity contribution in [3.63, 3.8) is 0 Å². The van der Waals surface area contributed by atoms with Crippen molar-refractivity contribution in [3.05, 3.63) is 70.7 Å². The van der Waals surface area contributed by atoms with E-state index in [9.17, 15) is 9.59 Å². The largest absolute Gasteiger partial charge is 0.482 e. The second kappa shape index (κ2) is 11.2. The number of benzene rings is 2. The average molecular weight is 446 g/mol. The zero-order chi connectivity index (χ0) is 22.1. The van der Waals surface area contributed by atoms with Gasteiger partial charge in [-0.3, -0.25) is 4.79 Å². The number of nitrogens with one attached hydrogen (secondary N) is 2. The van der Waals surface area contributed by atoms with E-state index in [-0.39, 0.29) is 31.6 Å². The van der Waals surface area contributed by atoms with Gasteiger partial charge in [0.1, 0.15) is 12.6 Å². The minimum absolute atomic E-state index is 0.106. The Hall–Kier alpha value is -3.26. The Morgan fingerprint density at radius 1 is 1.16 bits per heavy atom.